The van der Waals surface area contributed by atoms with Crippen molar-refractivity contribution >= 4 is 43.9 Å². The zero-order valence-corrected chi connectivity index (χ0v) is 21.8. The molecule has 2 aliphatic rings. The first-order valence-corrected chi connectivity index (χ1v) is 13.8. The van der Waals surface area contributed by atoms with Crippen molar-refractivity contribution in [3.05, 3.63) is 23.3 Å². The SMILES string of the molecule is Cc1nnc(-n2ncc3c(N4CCN(C(=O)C(C)C)CC4)cc(S(=O)(=O)NC4(C)COC4)cc32)s1. The fourth-order valence-corrected chi connectivity index (χ4v) is 6.48. The molecule has 0 saturated carbocycles. The molecule has 0 bridgehead atoms. The van der Waals surface area contributed by atoms with E-state index in [-0.39, 0.29) is 16.7 Å². The van der Waals surface area contributed by atoms with Crippen molar-refractivity contribution in [1.82, 2.24) is 29.6 Å². The summed E-state index contributed by atoms with van der Waals surface area (Å²) in [7, 11) is -3.83. The first-order chi connectivity index (χ1) is 16.6. The van der Waals surface area contributed by atoms with Crippen molar-refractivity contribution in [3.8, 4) is 5.13 Å². The molecule has 35 heavy (non-hydrogen) atoms. The van der Waals surface area contributed by atoms with Gasteiger partial charge >= 0.3 is 0 Å². The van der Waals surface area contributed by atoms with Gasteiger partial charge in [-0.1, -0.05) is 25.2 Å². The minimum absolute atomic E-state index is 0.0572. The van der Waals surface area contributed by atoms with Crippen molar-refractivity contribution in [2.45, 2.75) is 38.1 Å². The Morgan fingerprint density at radius 1 is 1.17 bits per heavy atom. The van der Waals surface area contributed by atoms with Crippen molar-refractivity contribution in [1.29, 1.82) is 0 Å². The summed E-state index contributed by atoms with van der Waals surface area (Å²) in [4.78, 5) is 16.6. The number of hydrogen-bond donors (Lipinski definition) is 1. The molecular formula is C22H29N7O4S2. The van der Waals surface area contributed by atoms with E-state index in [2.05, 4.69) is 24.9 Å². The number of piperazine rings is 1. The summed E-state index contributed by atoms with van der Waals surface area (Å²) in [6, 6.07) is 3.33. The second kappa shape index (κ2) is 8.80. The van der Waals surface area contributed by atoms with Gasteiger partial charge in [-0.2, -0.15) is 5.10 Å². The topological polar surface area (TPSA) is 123 Å². The third-order valence-electron chi connectivity index (χ3n) is 6.30. The predicted molar refractivity (Wildman–Crippen MR) is 132 cm³/mol. The van der Waals surface area contributed by atoms with Crippen LogP contribution in [0, 0.1) is 12.8 Å². The maximum absolute atomic E-state index is 13.4. The van der Waals surface area contributed by atoms with E-state index in [9.17, 15) is 13.2 Å². The number of aromatic nitrogens is 4. The molecule has 0 radical (unpaired) electrons. The van der Waals surface area contributed by atoms with Crippen LogP contribution in [0.5, 0.6) is 0 Å². The van der Waals surface area contributed by atoms with Crippen LogP contribution < -0.4 is 9.62 Å². The highest BCUT2D eigenvalue weighted by molar-refractivity contribution is 7.89. The van der Waals surface area contributed by atoms with Gasteiger partial charge in [0.15, 0.2) is 0 Å². The second-order valence-corrected chi connectivity index (χ2v) is 12.5. The zero-order valence-electron chi connectivity index (χ0n) is 20.2. The first kappa shape index (κ1) is 24.1. The minimum atomic E-state index is -3.83. The Balaban J connectivity index is 1.56. The molecule has 1 N–H and O–H groups in total. The van der Waals surface area contributed by atoms with Gasteiger partial charge in [0.1, 0.15) is 5.01 Å². The maximum atomic E-state index is 13.4. The molecule has 1 amide bonds. The van der Waals surface area contributed by atoms with Crippen molar-refractivity contribution in [2.75, 3.05) is 44.3 Å². The fourth-order valence-electron chi connectivity index (χ4n) is 4.41. The van der Waals surface area contributed by atoms with Crippen LogP contribution in [0.4, 0.5) is 5.69 Å². The summed E-state index contributed by atoms with van der Waals surface area (Å²) in [5, 5.41) is 15.0. The average Bonchev–Trinajstić information content (AvgIpc) is 3.42. The molecule has 1 aromatic carbocycles. The number of carbonyl (C=O) groups excluding carboxylic acids is 1. The number of ether oxygens (including phenoxy) is 1. The van der Waals surface area contributed by atoms with Crippen LogP contribution >= 0.6 is 11.3 Å². The number of nitrogens with zero attached hydrogens (tertiary/aromatic N) is 6. The molecule has 2 saturated heterocycles. The van der Waals surface area contributed by atoms with E-state index >= 15 is 0 Å². The van der Waals surface area contributed by atoms with Crippen LogP contribution in [0.15, 0.2) is 23.2 Å². The highest BCUT2D eigenvalue weighted by atomic mass is 32.2. The lowest BCUT2D eigenvalue weighted by atomic mass is 10.0. The standard InChI is InChI=1S/C22H29N7O4S2/c1-14(2)20(30)28-7-5-27(6-8-28)18-9-16(35(31,32)26-22(4)12-33-13-22)10-19-17(18)11-23-29(19)21-25-24-15(3)34-21/h9-11,14,26H,5-8,12-13H2,1-4H3. The molecule has 0 unspecified atom stereocenters. The molecule has 5 rings (SSSR count). The van der Waals surface area contributed by atoms with E-state index in [1.54, 1.807) is 23.0 Å². The van der Waals surface area contributed by atoms with Gasteiger partial charge in [-0.05, 0) is 26.0 Å². The summed E-state index contributed by atoms with van der Waals surface area (Å²) in [6.45, 7) is 10.5. The molecule has 13 heteroatoms. The number of anilines is 1. The lowest BCUT2D eigenvalue weighted by molar-refractivity contribution is -0.134. The van der Waals surface area contributed by atoms with E-state index in [4.69, 9.17) is 4.74 Å². The van der Waals surface area contributed by atoms with Crippen LogP contribution in [0.25, 0.3) is 16.0 Å². The Morgan fingerprint density at radius 2 is 1.89 bits per heavy atom. The van der Waals surface area contributed by atoms with E-state index in [1.807, 2.05) is 32.6 Å². The number of hydrogen-bond acceptors (Lipinski definition) is 9. The molecule has 3 aromatic rings. The Labute approximate surface area is 208 Å². The third-order valence-corrected chi connectivity index (χ3v) is 8.73. The van der Waals surface area contributed by atoms with Gasteiger partial charge in [-0.3, -0.25) is 4.79 Å². The predicted octanol–water partition coefficient (Wildman–Crippen LogP) is 1.56. The summed E-state index contributed by atoms with van der Waals surface area (Å²) < 4.78 is 36.5. The van der Waals surface area contributed by atoms with Crippen LogP contribution in [0.1, 0.15) is 25.8 Å². The van der Waals surface area contributed by atoms with Gasteiger partial charge in [-0.25, -0.2) is 17.8 Å². The zero-order chi connectivity index (χ0) is 25.0. The molecular weight excluding hydrogens is 490 g/mol. The lowest BCUT2D eigenvalue weighted by Crippen LogP contribution is -2.59. The highest BCUT2D eigenvalue weighted by Crippen LogP contribution is 2.34. The van der Waals surface area contributed by atoms with Crippen molar-refractivity contribution in [2.24, 2.45) is 5.92 Å². The molecule has 188 valence electrons. The van der Waals surface area contributed by atoms with Crippen LogP contribution in [0.2, 0.25) is 0 Å². The minimum Gasteiger partial charge on any atom is -0.377 e. The van der Waals surface area contributed by atoms with Gasteiger partial charge in [-0.15, -0.1) is 10.2 Å². The number of benzene rings is 1. The Bertz CT molecular complexity index is 1370. The van der Waals surface area contributed by atoms with Gasteiger partial charge in [0.25, 0.3) is 0 Å². The van der Waals surface area contributed by atoms with Gasteiger partial charge in [0.2, 0.25) is 21.1 Å². The van der Waals surface area contributed by atoms with Crippen LogP contribution in [0.3, 0.4) is 0 Å². The number of nitrogens with one attached hydrogen (secondary N) is 1. The van der Waals surface area contributed by atoms with Crippen LogP contribution in [-0.4, -0.2) is 84.1 Å². The maximum Gasteiger partial charge on any atom is 0.241 e. The molecule has 0 aliphatic carbocycles. The summed E-state index contributed by atoms with van der Waals surface area (Å²) in [5.41, 5.74) is 0.768. The quantitative estimate of drug-likeness (QED) is 0.521. The summed E-state index contributed by atoms with van der Waals surface area (Å²) in [5.74, 6) is 0.0731. The smallest absolute Gasteiger partial charge is 0.241 e. The van der Waals surface area contributed by atoms with Gasteiger partial charge < -0.3 is 14.5 Å². The number of fused-ring (bicyclic) bond motifs is 1. The highest BCUT2D eigenvalue weighted by Gasteiger charge is 2.38. The largest absolute Gasteiger partial charge is 0.377 e. The van der Waals surface area contributed by atoms with Crippen molar-refractivity contribution in [3.63, 3.8) is 0 Å². The van der Waals surface area contributed by atoms with Crippen LogP contribution in [-0.2, 0) is 19.6 Å². The summed E-state index contributed by atoms with van der Waals surface area (Å²) >= 11 is 1.38. The van der Waals surface area contributed by atoms with Gasteiger partial charge in [0, 0.05) is 43.2 Å². The van der Waals surface area contributed by atoms with Crippen molar-refractivity contribution < 1.29 is 17.9 Å². The monoisotopic (exact) mass is 519 g/mol. The molecule has 4 heterocycles. The van der Waals surface area contributed by atoms with E-state index in [0.717, 1.165) is 16.1 Å². The Hall–Kier alpha value is -2.61. The van der Waals surface area contributed by atoms with E-state index in [0.29, 0.717) is 50.0 Å². The normalized spacial score (nSPS) is 18.3. The molecule has 11 nitrogen and oxygen atoms in total. The molecule has 2 fully saturated rings. The number of rotatable bonds is 6. The second-order valence-electron chi connectivity index (χ2n) is 9.66. The number of amides is 1. The molecule has 2 aliphatic heterocycles. The molecule has 2 aromatic heterocycles. The number of carbonyl (C=O) groups is 1. The Kier molecular flexibility index (Phi) is 6.06. The van der Waals surface area contributed by atoms with E-state index < -0.39 is 15.6 Å². The molecule has 0 atom stereocenters. The van der Waals surface area contributed by atoms with E-state index in [1.165, 1.54) is 11.3 Å². The molecule has 0 spiro atoms. The summed E-state index contributed by atoms with van der Waals surface area (Å²) in [6.07, 6.45) is 1.73. The first-order valence-electron chi connectivity index (χ1n) is 11.5. The number of aryl methyl sites for hydroxylation is 1. The lowest BCUT2D eigenvalue weighted by Gasteiger charge is -2.38. The third kappa shape index (κ3) is 4.53. The fraction of sp³-hybridized carbons (Fsp3) is 0.545. The number of sulfonamides is 1. The average molecular weight is 520 g/mol. The Morgan fingerprint density at radius 3 is 2.46 bits per heavy atom. The van der Waals surface area contributed by atoms with Gasteiger partial charge in [0.05, 0.1) is 35.4 Å².